The molecule has 18 heavy (non-hydrogen) atoms. The first-order chi connectivity index (χ1) is 8.78. The van der Waals surface area contributed by atoms with Crippen molar-refractivity contribution in [1.82, 2.24) is 9.38 Å². The molecule has 2 heterocycles. The molecule has 0 aliphatic rings. The summed E-state index contributed by atoms with van der Waals surface area (Å²) in [5, 5.41) is 0. The number of rotatable bonds is 2. The van der Waals surface area contributed by atoms with Crippen molar-refractivity contribution in [3.05, 3.63) is 58.8 Å². The van der Waals surface area contributed by atoms with E-state index >= 15 is 0 Å². The summed E-state index contributed by atoms with van der Waals surface area (Å²) in [7, 11) is 0. The fourth-order valence-electron chi connectivity index (χ4n) is 1.99. The third-order valence-corrected chi connectivity index (χ3v) is 3.46. The van der Waals surface area contributed by atoms with E-state index in [9.17, 15) is 0 Å². The van der Waals surface area contributed by atoms with E-state index in [2.05, 4.69) is 43.5 Å². The van der Waals surface area contributed by atoms with E-state index in [1.807, 2.05) is 30.6 Å². The number of nitrogens with zero attached hydrogens (tertiary/aromatic N) is 2. The molecule has 0 unspecified atom stereocenters. The van der Waals surface area contributed by atoms with Gasteiger partial charge in [-0.3, -0.25) is 4.40 Å². The van der Waals surface area contributed by atoms with Gasteiger partial charge in [-0.1, -0.05) is 28.1 Å². The molecule has 3 nitrogen and oxygen atoms in total. The molecule has 0 saturated carbocycles. The predicted molar refractivity (Wildman–Crippen MR) is 76.2 cm³/mol. The van der Waals surface area contributed by atoms with Crippen molar-refractivity contribution in [3.63, 3.8) is 0 Å². The van der Waals surface area contributed by atoms with E-state index in [-0.39, 0.29) is 0 Å². The average molecular weight is 302 g/mol. The van der Waals surface area contributed by atoms with Crippen molar-refractivity contribution >= 4 is 21.4 Å². The lowest BCUT2D eigenvalue weighted by molar-refractivity contribution is 1.05. The van der Waals surface area contributed by atoms with Crippen LogP contribution in [0.4, 0.5) is 0 Å². The number of hydrogen-bond donors (Lipinski definition) is 1. The lowest BCUT2D eigenvalue weighted by Gasteiger charge is -2.03. The highest BCUT2D eigenvalue weighted by molar-refractivity contribution is 9.10. The van der Waals surface area contributed by atoms with Crippen molar-refractivity contribution in [2.24, 2.45) is 5.73 Å². The van der Waals surface area contributed by atoms with Gasteiger partial charge in [-0.2, -0.15) is 0 Å². The maximum Gasteiger partial charge on any atom is 0.144 e. The molecular formula is C14H12BrN3. The fraction of sp³-hybridized carbons (Fsp3) is 0.0714. The molecule has 0 radical (unpaired) electrons. The summed E-state index contributed by atoms with van der Waals surface area (Å²) in [5.41, 5.74) is 8.92. The highest BCUT2D eigenvalue weighted by Crippen LogP contribution is 2.22. The predicted octanol–water partition coefficient (Wildman–Crippen LogP) is 3.22. The fourth-order valence-corrected chi connectivity index (χ4v) is 2.25. The SMILES string of the molecule is NCc1ccn2c(-c3ccc(Br)cc3)ncc2c1. The van der Waals surface area contributed by atoms with E-state index < -0.39 is 0 Å². The smallest absolute Gasteiger partial charge is 0.144 e. The number of benzene rings is 1. The van der Waals surface area contributed by atoms with Crippen LogP contribution in [0.1, 0.15) is 5.56 Å². The summed E-state index contributed by atoms with van der Waals surface area (Å²) in [5.74, 6) is 0.945. The Bertz CT molecular complexity index is 686. The number of halogens is 1. The number of hydrogen-bond acceptors (Lipinski definition) is 2. The van der Waals surface area contributed by atoms with Gasteiger partial charge in [0.15, 0.2) is 0 Å². The number of nitrogens with two attached hydrogens (primary N) is 1. The Kier molecular flexibility index (Phi) is 2.89. The minimum Gasteiger partial charge on any atom is -0.326 e. The lowest BCUT2D eigenvalue weighted by Crippen LogP contribution is -1.97. The van der Waals surface area contributed by atoms with Gasteiger partial charge in [0.2, 0.25) is 0 Å². The Morgan fingerprint density at radius 2 is 1.94 bits per heavy atom. The second-order valence-electron chi connectivity index (χ2n) is 4.12. The topological polar surface area (TPSA) is 43.3 Å². The highest BCUT2D eigenvalue weighted by Gasteiger charge is 2.06. The van der Waals surface area contributed by atoms with Crippen molar-refractivity contribution in [3.8, 4) is 11.4 Å². The highest BCUT2D eigenvalue weighted by atomic mass is 79.9. The van der Waals surface area contributed by atoms with Gasteiger partial charge in [0.05, 0.1) is 11.7 Å². The van der Waals surface area contributed by atoms with Crippen LogP contribution in [-0.4, -0.2) is 9.38 Å². The molecule has 0 fully saturated rings. The van der Waals surface area contributed by atoms with E-state index in [0.717, 1.165) is 26.9 Å². The number of fused-ring (bicyclic) bond motifs is 1. The van der Waals surface area contributed by atoms with Gasteiger partial charge < -0.3 is 5.73 Å². The zero-order valence-electron chi connectivity index (χ0n) is 9.68. The Labute approximate surface area is 113 Å². The van der Waals surface area contributed by atoms with Crippen LogP contribution in [0.2, 0.25) is 0 Å². The van der Waals surface area contributed by atoms with Gasteiger partial charge in [0.1, 0.15) is 5.82 Å². The van der Waals surface area contributed by atoms with Crippen LogP contribution < -0.4 is 5.73 Å². The third kappa shape index (κ3) is 1.94. The normalized spacial score (nSPS) is 11.0. The Balaban J connectivity index is 2.15. The van der Waals surface area contributed by atoms with E-state index in [4.69, 9.17) is 5.73 Å². The Morgan fingerprint density at radius 3 is 2.67 bits per heavy atom. The van der Waals surface area contributed by atoms with Crippen LogP contribution in [0, 0.1) is 0 Å². The van der Waals surface area contributed by atoms with Crippen LogP contribution in [0.15, 0.2) is 53.3 Å². The minimum atomic E-state index is 0.551. The van der Waals surface area contributed by atoms with Crippen LogP contribution in [0.25, 0.3) is 16.9 Å². The molecule has 0 atom stereocenters. The molecule has 0 amide bonds. The van der Waals surface area contributed by atoms with Crippen molar-refractivity contribution in [1.29, 1.82) is 0 Å². The Morgan fingerprint density at radius 1 is 1.17 bits per heavy atom. The zero-order chi connectivity index (χ0) is 12.5. The van der Waals surface area contributed by atoms with Gasteiger partial charge in [0.25, 0.3) is 0 Å². The summed E-state index contributed by atoms with van der Waals surface area (Å²) in [6, 6.07) is 12.2. The van der Waals surface area contributed by atoms with Gasteiger partial charge in [-0.25, -0.2) is 4.98 Å². The first kappa shape index (κ1) is 11.4. The largest absolute Gasteiger partial charge is 0.326 e. The molecule has 2 aromatic heterocycles. The standard InChI is InChI=1S/C14H12BrN3/c15-12-3-1-11(2-4-12)14-17-9-13-7-10(8-16)5-6-18(13)14/h1-7,9H,8,16H2. The summed E-state index contributed by atoms with van der Waals surface area (Å²) in [6.45, 7) is 0.551. The molecule has 1 aromatic carbocycles. The summed E-state index contributed by atoms with van der Waals surface area (Å²) in [6.07, 6.45) is 3.89. The third-order valence-electron chi connectivity index (χ3n) is 2.93. The molecule has 0 aliphatic carbocycles. The molecule has 0 aliphatic heterocycles. The van der Waals surface area contributed by atoms with Crippen molar-refractivity contribution < 1.29 is 0 Å². The number of aromatic nitrogens is 2. The van der Waals surface area contributed by atoms with Gasteiger partial charge >= 0.3 is 0 Å². The molecule has 3 rings (SSSR count). The minimum absolute atomic E-state index is 0.551. The molecule has 90 valence electrons. The first-order valence-electron chi connectivity index (χ1n) is 5.70. The maximum atomic E-state index is 5.64. The second kappa shape index (κ2) is 4.55. The van der Waals surface area contributed by atoms with Gasteiger partial charge in [-0.15, -0.1) is 0 Å². The number of pyridine rings is 1. The zero-order valence-corrected chi connectivity index (χ0v) is 11.3. The molecule has 0 saturated heterocycles. The molecule has 0 bridgehead atoms. The average Bonchev–Trinajstić information content (AvgIpc) is 2.82. The monoisotopic (exact) mass is 301 g/mol. The van der Waals surface area contributed by atoms with E-state index in [1.165, 1.54) is 0 Å². The van der Waals surface area contributed by atoms with Crippen LogP contribution in [0.5, 0.6) is 0 Å². The lowest BCUT2D eigenvalue weighted by atomic mass is 10.2. The van der Waals surface area contributed by atoms with Crippen LogP contribution in [-0.2, 0) is 6.54 Å². The van der Waals surface area contributed by atoms with Gasteiger partial charge in [0, 0.05) is 22.8 Å². The second-order valence-corrected chi connectivity index (χ2v) is 5.04. The van der Waals surface area contributed by atoms with E-state index in [0.29, 0.717) is 6.54 Å². The number of imidazole rings is 1. The summed E-state index contributed by atoms with van der Waals surface area (Å²) >= 11 is 3.44. The summed E-state index contributed by atoms with van der Waals surface area (Å²) < 4.78 is 3.14. The first-order valence-corrected chi connectivity index (χ1v) is 6.49. The Hall–Kier alpha value is -1.65. The molecule has 3 aromatic rings. The molecule has 0 spiro atoms. The van der Waals surface area contributed by atoms with E-state index in [1.54, 1.807) is 0 Å². The molecule has 4 heteroatoms. The van der Waals surface area contributed by atoms with Gasteiger partial charge in [-0.05, 0) is 29.8 Å². The van der Waals surface area contributed by atoms with Crippen LogP contribution in [0.3, 0.4) is 0 Å². The maximum absolute atomic E-state index is 5.64. The van der Waals surface area contributed by atoms with Crippen LogP contribution >= 0.6 is 15.9 Å². The van der Waals surface area contributed by atoms with Crippen molar-refractivity contribution in [2.75, 3.05) is 0 Å². The quantitative estimate of drug-likeness (QED) is 0.790. The molecule has 2 N–H and O–H groups in total. The van der Waals surface area contributed by atoms with Crippen molar-refractivity contribution in [2.45, 2.75) is 6.54 Å². The summed E-state index contributed by atoms with van der Waals surface area (Å²) in [4.78, 5) is 4.48. The molecular weight excluding hydrogens is 290 g/mol.